The van der Waals surface area contributed by atoms with Crippen LogP contribution in [0.15, 0.2) is 70.6 Å². The first-order valence-electron chi connectivity index (χ1n) is 7.88. The molecule has 0 atom stereocenters. The van der Waals surface area contributed by atoms with Crippen LogP contribution in [0.1, 0.15) is 5.69 Å². The van der Waals surface area contributed by atoms with Gasteiger partial charge in [-0.15, -0.1) is 0 Å². The molecule has 2 aromatic carbocycles. The molecule has 0 unspecified atom stereocenters. The number of thioether (sulfide) groups is 1. The van der Waals surface area contributed by atoms with Gasteiger partial charge < -0.3 is 5.32 Å². The van der Waals surface area contributed by atoms with Crippen LogP contribution in [0.3, 0.4) is 0 Å². The summed E-state index contributed by atoms with van der Waals surface area (Å²) in [6, 6.07) is 16.5. The van der Waals surface area contributed by atoms with Crippen LogP contribution in [0.25, 0.3) is 5.69 Å². The molecule has 1 aromatic heterocycles. The summed E-state index contributed by atoms with van der Waals surface area (Å²) in [5, 5.41) is 2.93. The normalized spacial score (nSPS) is 10.5. The zero-order valence-electron chi connectivity index (χ0n) is 14.0. The van der Waals surface area contributed by atoms with E-state index < -0.39 is 5.82 Å². The molecule has 0 spiro atoms. The number of amides is 1. The van der Waals surface area contributed by atoms with Gasteiger partial charge in [-0.1, -0.05) is 42.1 Å². The van der Waals surface area contributed by atoms with Crippen molar-refractivity contribution in [1.82, 2.24) is 9.55 Å². The van der Waals surface area contributed by atoms with Gasteiger partial charge in [0.1, 0.15) is 5.82 Å². The highest BCUT2D eigenvalue weighted by atomic mass is 32.2. The Bertz CT molecular complexity index is 990. The van der Waals surface area contributed by atoms with Gasteiger partial charge in [-0.05, 0) is 31.2 Å². The van der Waals surface area contributed by atoms with Gasteiger partial charge >= 0.3 is 0 Å². The number of halogens is 1. The van der Waals surface area contributed by atoms with Crippen molar-refractivity contribution in [2.24, 2.45) is 0 Å². The average molecular weight is 369 g/mol. The van der Waals surface area contributed by atoms with Gasteiger partial charge in [0.2, 0.25) is 5.91 Å². The SMILES string of the molecule is Cc1cc(=O)n(-c2ccccc2)c(SCC(=O)Nc2ccccc2F)n1. The van der Waals surface area contributed by atoms with E-state index in [9.17, 15) is 14.0 Å². The van der Waals surface area contributed by atoms with Gasteiger partial charge in [0, 0.05) is 11.8 Å². The number of carbonyl (C=O) groups is 1. The molecule has 0 bridgehead atoms. The van der Waals surface area contributed by atoms with E-state index in [0.717, 1.165) is 11.8 Å². The number of nitrogens with one attached hydrogen (secondary N) is 1. The topological polar surface area (TPSA) is 64.0 Å². The van der Waals surface area contributed by atoms with Crippen molar-refractivity contribution >= 4 is 23.4 Å². The van der Waals surface area contributed by atoms with E-state index in [-0.39, 0.29) is 22.9 Å². The second kappa shape index (κ2) is 7.97. The minimum atomic E-state index is -0.499. The van der Waals surface area contributed by atoms with E-state index in [1.807, 2.05) is 18.2 Å². The number of benzene rings is 2. The first-order chi connectivity index (χ1) is 12.5. The second-order valence-electron chi connectivity index (χ2n) is 5.51. The predicted molar refractivity (Wildman–Crippen MR) is 100 cm³/mol. The Morgan fingerprint density at radius 3 is 2.58 bits per heavy atom. The number of hydrogen-bond donors (Lipinski definition) is 1. The maximum atomic E-state index is 13.6. The van der Waals surface area contributed by atoms with Crippen LogP contribution in [-0.2, 0) is 4.79 Å². The summed E-state index contributed by atoms with van der Waals surface area (Å²) in [5.41, 5.74) is 1.14. The van der Waals surface area contributed by atoms with Crippen LogP contribution < -0.4 is 10.9 Å². The zero-order valence-corrected chi connectivity index (χ0v) is 14.8. The molecule has 3 aromatic rings. The molecule has 0 aliphatic carbocycles. The molecule has 26 heavy (non-hydrogen) atoms. The fourth-order valence-corrected chi connectivity index (χ4v) is 3.23. The molecule has 3 rings (SSSR count). The quantitative estimate of drug-likeness (QED) is 0.553. The second-order valence-corrected chi connectivity index (χ2v) is 6.45. The van der Waals surface area contributed by atoms with Crippen molar-refractivity contribution < 1.29 is 9.18 Å². The Hall–Kier alpha value is -2.93. The summed E-state index contributed by atoms with van der Waals surface area (Å²) in [6.45, 7) is 1.72. The lowest BCUT2D eigenvalue weighted by atomic mass is 10.3. The van der Waals surface area contributed by atoms with Gasteiger partial charge in [0.25, 0.3) is 5.56 Å². The van der Waals surface area contributed by atoms with Crippen LogP contribution in [0.4, 0.5) is 10.1 Å². The monoisotopic (exact) mass is 369 g/mol. The van der Waals surface area contributed by atoms with Crippen LogP contribution >= 0.6 is 11.8 Å². The summed E-state index contributed by atoms with van der Waals surface area (Å²) in [7, 11) is 0. The van der Waals surface area contributed by atoms with E-state index in [1.54, 1.807) is 31.2 Å². The standard InChI is InChI=1S/C19H16FN3O2S/c1-13-11-18(25)23(14-7-3-2-4-8-14)19(21-13)26-12-17(24)22-16-10-6-5-9-15(16)20/h2-11H,12H2,1H3,(H,22,24). The number of para-hydroxylation sites is 2. The van der Waals surface area contributed by atoms with Crippen molar-refractivity contribution in [3.05, 3.63) is 82.5 Å². The van der Waals surface area contributed by atoms with E-state index in [2.05, 4.69) is 10.3 Å². The van der Waals surface area contributed by atoms with Gasteiger partial charge in [-0.3, -0.25) is 14.2 Å². The Morgan fingerprint density at radius 1 is 1.15 bits per heavy atom. The zero-order chi connectivity index (χ0) is 18.5. The lowest BCUT2D eigenvalue weighted by molar-refractivity contribution is -0.113. The number of nitrogens with zero attached hydrogens (tertiary/aromatic N) is 2. The third-order valence-electron chi connectivity index (χ3n) is 3.51. The highest BCUT2D eigenvalue weighted by molar-refractivity contribution is 7.99. The molecule has 0 saturated heterocycles. The molecule has 7 heteroatoms. The first-order valence-corrected chi connectivity index (χ1v) is 8.86. The predicted octanol–water partition coefficient (Wildman–Crippen LogP) is 3.41. The van der Waals surface area contributed by atoms with Gasteiger partial charge in [-0.25, -0.2) is 9.37 Å². The van der Waals surface area contributed by atoms with E-state index in [4.69, 9.17) is 0 Å². The fourth-order valence-electron chi connectivity index (χ4n) is 2.36. The molecule has 0 saturated carbocycles. The number of hydrogen-bond acceptors (Lipinski definition) is 4. The Balaban J connectivity index is 1.81. The smallest absolute Gasteiger partial charge is 0.258 e. The summed E-state index contributed by atoms with van der Waals surface area (Å²) in [6.07, 6.45) is 0. The molecule has 132 valence electrons. The third-order valence-corrected chi connectivity index (χ3v) is 4.45. The molecule has 0 aliphatic heterocycles. The molecular formula is C19H16FN3O2S. The number of rotatable bonds is 5. The maximum Gasteiger partial charge on any atom is 0.258 e. The van der Waals surface area contributed by atoms with Crippen molar-refractivity contribution in [3.8, 4) is 5.69 Å². The van der Waals surface area contributed by atoms with Crippen molar-refractivity contribution in [2.45, 2.75) is 12.1 Å². The van der Waals surface area contributed by atoms with Crippen LogP contribution in [0.2, 0.25) is 0 Å². The third kappa shape index (κ3) is 4.18. The first kappa shape index (κ1) is 17.9. The number of carbonyl (C=O) groups excluding carboxylic acids is 1. The minimum absolute atomic E-state index is 0.00292. The fraction of sp³-hybridized carbons (Fsp3) is 0.105. The largest absolute Gasteiger partial charge is 0.323 e. The van der Waals surface area contributed by atoms with Gasteiger partial charge in [0.05, 0.1) is 17.1 Å². The molecule has 1 N–H and O–H groups in total. The summed E-state index contributed by atoms with van der Waals surface area (Å²) in [5.74, 6) is -0.881. The molecular weight excluding hydrogens is 353 g/mol. The molecule has 1 amide bonds. The Morgan fingerprint density at radius 2 is 1.85 bits per heavy atom. The summed E-state index contributed by atoms with van der Waals surface area (Å²) >= 11 is 1.12. The average Bonchev–Trinajstić information content (AvgIpc) is 2.62. The lowest BCUT2D eigenvalue weighted by Crippen LogP contribution is -2.22. The highest BCUT2D eigenvalue weighted by Crippen LogP contribution is 2.19. The Kier molecular flexibility index (Phi) is 5.48. The lowest BCUT2D eigenvalue weighted by Gasteiger charge is -2.12. The van der Waals surface area contributed by atoms with E-state index in [1.165, 1.54) is 22.8 Å². The van der Waals surface area contributed by atoms with Crippen LogP contribution in [-0.4, -0.2) is 21.2 Å². The van der Waals surface area contributed by atoms with Crippen LogP contribution in [0, 0.1) is 12.7 Å². The maximum absolute atomic E-state index is 13.6. The molecule has 0 fully saturated rings. The highest BCUT2D eigenvalue weighted by Gasteiger charge is 2.13. The number of aryl methyl sites for hydroxylation is 1. The summed E-state index contributed by atoms with van der Waals surface area (Å²) < 4.78 is 15.1. The molecule has 0 radical (unpaired) electrons. The summed E-state index contributed by atoms with van der Waals surface area (Å²) in [4.78, 5) is 28.9. The molecule has 0 aliphatic rings. The molecule has 1 heterocycles. The number of aromatic nitrogens is 2. The van der Waals surface area contributed by atoms with Gasteiger partial charge in [-0.2, -0.15) is 0 Å². The molecule has 5 nitrogen and oxygen atoms in total. The van der Waals surface area contributed by atoms with Crippen molar-refractivity contribution in [1.29, 1.82) is 0 Å². The van der Waals surface area contributed by atoms with Crippen molar-refractivity contribution in [3.63, 3.8) is 0 Å². The van der Waals surface area contributed by atoms with Crippen LogP contribution in [0.5, 0.6) is 0 Å². The van der Waals surface area contributed by atoms with Gasteiger partial charge in [0.15, 0.2) is 5.16 Å². The van der Waals surface area contributed by atoms with Crippen molar-refractivity contribution in [2.75, 3.05) is 11.1 Å². The van der Waals surface area contributed by atoms with E-state index >= 15 is 0 Å². The minimum Gasteiger partial charge on any atom is -0.323 e. The number of anilines is 1. The van der Waals surface area contributed by atoms with E-state index in [0.29, 0.717) is 16.5 Å². The Labute approximate surface area is 153 Å².